The molecule has 1 unspecified atom stereocenters. The van der Waals surface area contributed by atoms with E-state index in [0.29, 0.717) is 24.3 Å². The van der Waals surface area contributed by atoms with Gasteiger partial charge in [0.2, 0.25) is 5.91 Å². The monoisotopic (exact) mass is 303 g/mol. The van der Waals surface area contributed by atoms with Crippen molar-refractivity contribution in [3.05, 3.63) is 30.0 Å². The number of furan rings is 1. The van der Waals surface area contributed by atoms with Crippen LogP contribution in [0.1, 0.15) is 18.4 Å². The number of methoxy groups -OCH3 is 1. The van der Waals surface area contributed by atoms with Crippen molar-refractivity contribution in [1.29, 1.82) is 0 Å². The largest absolute Gasteiger partial charge is 0.497 e. The predicted octanol–water partition coefficient (Wildman–Crippen LogP) is 2.06. The lowest BCUT2D eigenvalue weighted by molar-refractivity contribution is -0.147. The summed E-state index contributed by atoms with van der Waals surface area (Å²) in [7, 11) is 1.58. The Labute approximate surface area is 127 Å². The van der Waals surface area contributed by atoms with E-state index in [1.54, 1.807) is 19.4 Å². The van der Waals surface area contributed by atoms with Gasteiger partial charge >= 0.3 is 5.97 Å². The first-order valence-electron chi connectivity index (χ1n) is 7.16. The quantitative estimate of drug-likeness (QED) is 0.935. The number of benzene rings is 1. The number of carboxylic acid groups (broad SMARTS) is 1. The smallest absolute Gasteiger partial charge is 0.326 e. The summed E-state index contributed by atoms with van der Waals surface area (Å²) < 4.78 is 10.6. The molecule has 1 aromatic heterocycles. The molecule has 0 spiro atoms. The number of amides is 1. The molecule has 1 saturated heterocycles. The van der Waals surface area contributed by atoms with Crippen molar-refractivity contribution in [2.75, 3.05) is 13.7 Å². The molecular formula is C16H17NO5. The number of aliphatic carboxylic acids is 1. The second-order valence-corrected chi connectivity index (χ2v) is 5.38. The topological polar surface area (TPSA) is 80.0 Å². The van der Waals surface area contributed by atoms with Crippen LogP contribution in [-0.2, 0) is 16.0 Å². The van der Waals surface area contributed by atoms with E-state index in [1.807, 2.05) is 12.1 Å². The van der Waals surface area contributed by atoms with Crippen LogP contribution >= 0.6 is 0 Å². The second-order valence-electron chi connectivity index (χ2n) is 5.38. The van der Waals surface area contributed by atoms with Gasteiger partial charge in [-0.2, -0.15) is 0 Å². The van der Waals surface area contributed by atoms with Crippen LogP contribution in [0.5, 0.6) is 5.75 Å². The molecule has 1 atom stereocenters. The van der Waals surface area contributed by atoms with Crippen LogP contribution in [0.3, 0.4) is 0 Å². The molecule has 2 aromatic rings. The highest BCUT2D eigenvalue weighted by atomic mass is 16.5. The third-order valence-electron chi connectivity index (χ3n) is 4.06. The van der Waals surface area contributed by atoms with E-state index >= 15 is 0 Å². The minimum atomic E-state index is -0.937. The SMILES string of the molecule is COc1ccc2c(CC(=O)N3CCCC3C(=O)O)coc2c1. The summed E-state index contributed by atoms with van der Waals surface area (Å²) in [6, 6.07) is 4.71. The lowest BCUT2D eigenvalue weighted by Crippen LogP contribution is -2.41. The van der Waals surface area contributed by atoms with Gasteiger partial charge in [0.05, 0.1) is 19.8 Å². The van der Waals surface area contributed by atoms with Gasteiger partial charge in [0.1, 0.15) is 17.4 Å². The Morgan fingerprint density at radius 2 is 2.27 bits per heavy atom. The van der Waals surface area contributed by atoms with Crippen molar-refractivity contribution in [2.45, 2.75) is 25.3 Å². The molecule has 22 heavy (non-hydrogen) atoms. The van der Waals surface area contributed by atoms with Crippen molar-refractivity contribution in [2.24, 2.45) is 0 Å². The minimum Gasteiger partial charge on any atom is -0.497 e. The number of hydrogen-bond donors (Lipinski definition) is 1. The van der Waals surface area contributed by atoms with E-state index < -0.39 is 12.0 Å². The van der Waals surface area contributed by atoms with Crippen molar-refractivity contribution in [1.82, 2.24) is 4.90 Å². The molecule has 1 aliphatic rings. The molecular weight excluding hydrogens is 286 g/mol. The van der Waals surface area contributed by atoms with Gasteiger partial charge < -0.3 is 19.2 Å². The van der Waals surface area contributed by atoms with E-state index in [9.17, 15) is 9.59 Å². The number of rotatable bonds is 4. The number of hydrogen-bond acceptors (Lipinski definition) is 4. The first kappa shape index (κ1) is 14.4. The molecule has 1 N–H and O–H groups in total. The van der Waals surface area contributed by atoms with Crippen molar-refractivity contribution < 1.29 is 23.8 Å². The van der Waals surface area contributed by atoms with Gasteiger partial charge in [0.25, 0.3) is 0 Å². The second kappa shape index (κ2) is 5.71. The summed E-state index contributed by atoms with van der Waals surface area (Å²) >= 11 is 0. The van der Waals surface area contributed by atoms with E-state index in [2.05, 4.69) is 0 Å². The molecule has 0 bridgehead atoms. The lowest BCUT2D eigenvalue weighted by Gasteiger charge is -2.21. The zero-order valence-corrected chi connectivity index (χ0v) is 12.2. The highest BCUT2D eigenvalue weighted by molar-refractivity contribution is 5.90. The summed E-state index contributed by atoms with van der Waals surface area (Å²) in [4.78, 5) is 25.0. The number of carbonyl (C=O) groups is 2. The molecule has 3 rings (SSSR count). The average Bonchev–Trinajstić information content (AvgIpc) is 3.14. The molecule has 0 aliphatic carbocycles. The lowest BCUT2D eigenvalue weighted by atomic mass is 10.1. The van der Waals surface area contributed by atoms with Crippen molar-refractivity contribution in [3.63, 3.8) is 0 Å². The van der Waals surface area contributed by atoms with Crippen LogP contribution in [0.25, 0.3) is 11.0 Å². The predicted molar refractivity (Wildman–Crippen MR) is 78.8 cm³/mol. The highest BCUT2D eigenvalue weighted by Gasteiger charge is 2.34. The van der Waals surface area contributed by atoms with Crippen molar-refractivity contribution in [3.8, 4) is 5.75 Å². The Kier molecular flexibility index (Phi) is 3.75. The third-order valence-corrected chi connectivity index (χ3v) is 4.06. The van der Waals surface area contributed by atoms with Crippen LogP contribution in [-0.4, -0.2) is 41.6 Å². The number of nitrogens with zero attached hydrogens (tertiary/aromatic N) is 1. The molecule has 1 aliphatic heterocycles. The average molecular weight is 303 g/mol. The van der Waals surface area contributed by atoms with E-state index in [1.165, 1.54) is 4.90 Å². The van der Waals surface area contributed by atoms with Crippen LogP contribution in [0.4, 0.5) is 0 Å². The summed E-state index contributed by atoms with van der Waals surface area (Å²) in [6.45, 7) is 0.499. The summed E-state index contributed by atoms with van der Waals surface area (Å²) in [5.41, 5.74) is 1.41. The fourth-order valence-electron chi connectivity index (χ4n) is 2.91. The normalized spacial score (nSPS) is 17.9. The van der Waals surface area contributed by atoms with Gasteiger partial charge in [-0.15, -0.1) is 0 Å². The summed E-state index contributed by atoms with van der Waals surface area (Å²) in [5.74, 6) is -0.429. The highest BCUT2D eigenvalue weighted by Crippen LogP contribution is 2.27. The zero-order valence-electron chi connectivity index (χ0n) is 12.2. The Morgan fingerprint density at radius 3 is 3.00 bits per heavy atom. The third kappa shape index (κ3) is 2.52. The number of carbonyl (C=O) groups excluding carboxylic acids is 1. The maximum atomic E-state index is 12.4. The van der Waals surface area contributed by atoms with Crippen molar-refractivity contribution >= 4 is 22.8 Å². The summed E-state index contributed by atoms with van der Waals surface area (Å²) in [5, 5.41) is 10.0. The van der Waals surface area contributed by atoms with Gasteiger partial charge in [-0.25, -0.2) is 4.79 Å². The van der Waals surface area contributed by atoms with Crippen LogP contribution in [0, 0.1) is 0 Å². The maximum Gasteiger partial charge on any atom is 0.326 e. The molecule has 1 fully saturated rings. The molecule has 116 valence electrons. The Bertz CT molecular complexity index is 720. The van der Waals surface area contributed by atoms with Crippen LogP contribution < -0.4 is 4.74 Å². The molecule has 0 radical (unpaired) electrons. The van der Waals surface area contributed by atoms with Gasteiger partial charge in [-0.05, 0) is 25.0 Å². The van der Waals surface area contributed by atoms with Gasteiger partial charge in [-0.3, -0.25) is 4.79 Å². The number of fused-ring (bicyclic) bond motifs is 1. The molecule has 6 heteroatoms. The molecule has 6 nitrogen and oxygen atoms in total. The van der Waals surface area contributed by atoms with Gasteiger partial charge in [0.15, 0.2) is 0 Å². The number of carboxylic acids is 1. The van der Waals surface area contributed by atoms with E-state index in [0.717, 1.165) is 17.4 Å². The van der Waals surface area contributed by atoms with E-state index in [-0.39, 0.29) is 12.3 Å². The molecule has 1 amide bonds. The summed E-state index contributed by atoms with van der Waals surface area (Å²) in [6.07, 6.45) is 2.94. The fourth-order valence-corrected chi connectivity index (χ4v) is 2.91. The first-order valence-corrected chi connectivity index (χ1v) is 7.16. The Balaban J connectivity index is 1.81. The Hall–Kier alpha value is -2.50. The maximum absolute atomic E-state index is 12.4. The van der Waals surface area contributed by atoms with Gasteiger partial charge in [-0.1, -0.05) is 0 Å². The Morgan fingerprint density at radius 1 is 1.45 bits per heavy atom. The van der Waals surface area contributed by atoms with E-state index in [4.69, 9.17) is 14.3 Å². The molecule has 2 heterocycles. The zero-order chi connectivity index (χ0) is 15.7. The molecule has 1 aromatic carbocycles. The first-order chi connectivity index (χ1) is 10.6. The van der Waals surface area contributed by atoms with Crippen LogP contribution in [0.15, 0.2) is 28.9 Å². The standard InChI is InChI=1S/C16H17NO5/c1-21-11-4-5-12-10(9-22-14(12)8-11)7-15(18)17-6-2-3-13(17)16(19)20/h4-5,8-9,13H,2-3,6-7H2,1H3,(H,19,20). The number of likely N-dealkylation sites (tertiary alicyclic amines) is 1. The molecule has 0 saturated carbocycles. The minimum absolute atomic E-state index is 0.142. The van der Waals surface area contributed by atoms with Crippen LogP contribution in [0.2, 0.25) is 0 Å². The van der Waals surface area contributed by atoms with Gasteiger partial charge in [0, 0.05) is 23.6 Å². The number of ether oxygens (including phenoxy) is 1. The fraction of sp³-hybridized carbons (Fsp3) is 0.375.